The van der Waals surface area contributed by atoms with E-state index in [1.54, 1.807) is 13.8 Å². The number of nitrogens with zero attached hydrogens (tertiary/aromatic N) is 1. The zero-order valence-electron chi connectivity index (χ0n) is 18.9. The van der Waals surface area contributed by atoms with Crippen molar-refractivity contribution in [1.82, 2.24) is 0 Å². The number of aryl methyl sites for hydroxylation is 2. The molecule has 1 heterocycles. The number of carbonyl (C=O) groups is 1. The SMILES string of the molecule is Cc1ccc(F)c(N(B(O)O)C(=O)Nc2cc(C)c(B3OC(C)(C)C(C)(C)O3)cc2F)c1. The molecule has 0 spiro atoms. The van der Waals surface area contributed by atoms with E-state index in [0.717, 1.165) is 6.07 Å². The van der Waals surface area contributed by atoms with E-state index >= 15 is 0 Å². The molecule has 0 radical (unpaired) electrons. The lowest BCUT2D eigenvalue weighted by Gasteiger charge is -2.32. The van der Waals surface area contributed by atoms with E-state index in [-0.39, 0.29) is 11.4 Å². The van der Waals surface area contributed by atoms with E-state index in [1.165, 1.54) is 24.3 Å². The van der Waals surface area contributed by atoms with Crippen molar-refractivity contribution in [2.45, 2.75) is 52.7 Å². The van der Waals surface area contributed by atoms with Crippen LogP contribution < -0.4 is 15.6 Å². The van der Waals surface area contributed by atoms with Crippen LogP contribution in [0.25, 0.3) is 0 Å². The summed E-state index contributed by atoms with van der Waals surface area (Å²) in [6, 6.07) is 5.29. The van der Waals surface area contributed by atoms with Crippen molar-refractivity contribution in [1.29, 1.82) is 0 Å². The number of hydrogen-bond acceptors (Lipinski definition) is 5. The number of hydrogen-bond donors (Lipinski definition) is 3. The summed E-state index contributed by atoms with van der Waals surface area (Å²) in [5.41, 5.74) is -0.156. The van der Waals surface area contributed by atoms with Gasteiger partial charge in [-0.25, -0.2) is 13.6 Å². The molecular formula is C21H26B2F2N2O5. The highest BCUT2D eigenvalue weighted by Gasteiger charge is 2.52. The normalized spacial score (nSPS) is 16.8. The summed E-state index contributed by atoms with van der Waals surface area (Å²) in [5, 5.41) is 21.6. The highest BCUT2D eigenvalue weighted by atomic mass is 19.1. The molecule has 2 amide bonds. The smallest absolute Gasteiger partial charge is 0.407 e. The van der Waals surface area contributed by atoms with Crippen molar-refractivity contribution in [3.05, 3.63) is 53.1 Å². The van der Waals surface area contributed by atoms with Gasteiger partial charge in [0.2, 0.25) is 0 Å². The Balaban J connectivity index is 1.88. The average molecular weight is 446 g/mol. The molecule has 0 unspecified atom stereocenters. The van der Waals surface area contributed by atoms with Gasteiger partial charge in [-0.15, -0.1) is 0 Å². The average Bonchev–Trinajstić information content (AvgIpc) is 2.88. The second-order valence-corrected chi connectivity index (χ2v) is 8.88. The maximum Gasteiger partial charge on any atom is 0.596 e. The molecule has 0 bridgehead atoms. The topological polar surface area (TPSA) is 91.3 Å². The molecule has 1 aliphatic rings. The molecule has 170 valence electrons. The van der Waals surface area contributed by atoms with Crippen molar-refractivity contribution >= 4 is 37.2 Å². The standard InChI is InChI=1S/C21H26B2F2N2O5/c1-12-7-8-15(24)18(9-12)27(23(29)30)19(28)26-17-10-13(2)14(11-16(17)25)22-31-20(3,4)21(5,6)32-22/h7-11,29-30H,1-6H3,(H,26,28). The minimum atomic E-state index is -2.35. The first-order valence-electron chi connectivity index (χ1n) is 10.1. The van der Waals surface area contributed by atoms with Gasteiger partial charge in [-0.05, 0) is 82.4 Å². The molecule has 11 heteroatoms. The minimum absolute atomic E-state index is 0.216. The Hall–Kier alpha value is -2.46. The van der Waals surface area contributed by atoms with Gasteiger partial charge in [0, 0.05) is 0 Å². The van der Waals surface area contributed by atoms with Crippen molar-refractivity contribution in [2.24, 2.45) is 0 Å². The fourth-order valence-corrected chi connectivity index (χ4v) is 3.34. The third-order valence-electron chi connectivity index (χ3n) is 5.92. The van der Waals surface area contributed by atoms with Crippen LogP contribution >= 0.6 is 0 Å². The molecule has 3 rings (SSSR count). The Kier molecular flexibility index (Phi) is 6.41. The van der Waals surface area contributed by atoms with Crippen molar-refractivity contribution in [3.8, 4) is 0 Å². The second kappa shape index (κ2) is 8.47. The molecule has 0 aliphatic carbocycles. The Morgan fingerprint density at radius 2 is 1.62 bits per heavy atom. The maximum atomic E-state index is 14.9. The molecule has 1 saturated heterocycles. The molecule has 3 N–H and O–H groups in total. The third-order valence-corrected chi connectivity index (χ3v) is 5.92. The fraction of sp³-hybridized carbons (Fsp3) is 0.381. The summed E-state index contributed by atoms with van der Waals surface area (Å²) in [7, 11) is -3.14. The molecule has 0 saturated carbocycles. The van der Waals surface area contributed by atoms with Gasteiger partial charge in [-0.3, -0.25) is 4.81 Å². The van der Waals surface area contributed by atoms with Crippen LogP contribution in [0.5, 0.6) is 0 Å². The summed E-state index contributed by atoms with van der Waals surface area (Å²) in [6.45, 7) is 10.9. The lowest BCUT2D eigenvalue weighted by atomic mass is 9.76. The first-order valence-corrected chi connectivity index (χ1v) is 10.1. The largest absolute Gasteiger partial charge is 0.596 e. The summed E-state index contributed by atoms with van der Waals surface area (Å²) >= 11 is 0. The predicted molar refractivity (Wildman–Crippen MR) is 120 cm³/mol. The number of nitrogens with one attached hydrogen (secondary N) is 1. The van der Waals surface area contributed by atoms with Gasteiger partial charge < -0.3 is 24.7 Å². The fourth-order valence-electron chi connectivity index (χ4n) is 3.34. The van der Waals surface area contributed by atoms with Gasteiger partial charge in [-0.2, -0.15) is 0 Å². The highest BCUT2D eigenvalue weighted by Crippen LogP contribution is 2.37. The van der Waals surface area contributed by atoms with Crippen molar-refractivity contribution in [3.63, 3.8) is 0 Å². The lowest BCUT2D eigenvalue weighted by molar-refractivity contribution is 0.00578. The van der Waals surface area contributed by atoms with E-state index in [1.807, 2.05) is 27.7 Å². The Bertz CT molecular complexity index is 1030. The van der Waals surface area contributed by atoms with Gasteiger partial charge in [0.05, 0.1) is 22.6 Å². The van der Waals surface area contributed by atoms with Crippen LogP contribution in [0.4, 0.5) is 25.0 Å². The van der Waals surface area contributed by atoms with E-state index in [9.17, 15) is 23.6 Å². The van der Waals surface area contributed by atoms with Crippen LogP contribution in [0, 0.1) is 25.5 Å². The van der Waals surface area contributed by atoms with Crippen LogP contribution in [0.1, 0.15) is 38.8 Å². The molecule has 32 heavy (non-hydrogen) atoms. The molecular weight excluding hydrogens is 420 g/mol. The number of amides is 2. The quantitative estimate of drug-likeness (QED) is 0.629. The predicted octanol–water partition coefficient (Wildman–Crippen LogP) is 2.89. The molecule has 0 aromatic heterocycles. The molecule has 7 nitrogen and oxygen atoms in total. The highest BCUT2D eigenvalue weighted by molar-refractivity contribution is 6.62. The van der Waals surface area contributed by atoms with Crippen LogP contribution in [0.2, 0.25) is 0 Å². The van der Waals surface area contributed by atoms with Crippen molar-refractivity contribution in [2.75, 3.05) is 10.1 Å². The second-order valence-electron chi connectivity index (χ2n) is 8.88. The summed E-state index contributed by atoms with van der Waals surface area (Å²) in [6.07, 6.45) is 0. The Morgan fingerprint density at radius 3 is 2.19 bits per heavy atom. The number of carbonyl (C=O) groups excluding carboxylic acids is 1. The van der Waals surface area contributed by atoms with E-state index < -0.39 is 43.2 Å². The summed E-state index contributed by atoms with van der Waals surface area (Å²) in [4.78, 5) is 13.1. The number of halogens is 2. The maximum absolute atomic E-state index is 14.9. The summed E-state index contributed by atoms with van der Waals surface area (Å²) in [5.74, 6) is -1.63. The van der Waals surface area contributed by atoms with Gasteiger partial charge in [0.15, 0.2) is 0 Å². The first-order chi connectivity index (χ1) is 14.7. The minimum Gasteiger partial charge on any atom is -0.407 e. The van der Waals surface area contributed by atoms with Crippen molar-refractivity contribution < 1.29 is 32.9 Å². The molecule has 1 fully saturated rings. The molecule has 1 aliphatic heterocycles. The molecule has 0 atom stereocenters. The third kappa shape index (κ3) is 4.52. The Morgan fingerprint density at radius 1 is 1.03 bits per heavy atom. The first kappa shape index (κ1) is 24.2. The number of benzene rings is 2. The number of urea groups is 1. The molecule has 2 aromatic rings. The number of rotatable bonds is 4. The van der Waals surface area contributed by atoms with Gasteiger partial charge in [0.25, 0.3) is 0 Å². The summed E-state index contributed by atoms with van der Waals surface area (Å²) < 4.78 is 41.1. The lowest BCUT2D eigenvalue weighted by Crippen LogP contribution is -2.47. The van der Waals surface area contributed by atoms with Crippen LogP contribution in [0.15, 0.2) is 30.3 Å². The van der Waals surface area contributed by atoms with Gasteiger partial charge in [-0.1, -0.05) is 6.07 Å². The zero-order chi connectivity index (χ0) is 24.0. The Labute approximate surface area is 186 Å². The monoisotopic (exact) mass is 446 g/mol. The van der Waals surface area contributed by atoms with Gasteiger partial charge in [0.1, 0.15) is 11.6 Å². The van der Waals surface area contributed by atoms with E-state index in [4.69, 9.17) is 9.31 Å². The van der Waals surface area contributed by atoms with Crippen LogP contribution in [-0.4, -0.2) is 41.7 Å². The van der Waals surface area contributed by atoms with Crippen LogP contribution in [-0.2, 0) is 9.31 Å². The van der Waals surface area contributed by atoms with E-state index in [2.05, 4.69) is 5.32 Å². The van der Waals surface area contributed by atoms with E-state index in [0.29, 0.717) is 21.4 Å². The van der Waals surface area contributed by atoms with Gasteiger partial charge >= 0.3 is 20.4 Å². The van der Waals surface area contributed by atoms with Crippen LogP contribution in [0.3, 0.4) is 0 Å². The number of anilines is 2. The zero-order valence-corrected chi connectivity index (χ0v) is 18.9. The molecule has 2 aromatic carbocycles.